The van der Waals surface area contributed by atoms with Crippen LogP contribution in [0, 0.1) is 5.92 Å². The van der Waals surface area contributed by atoms with Crippen LogP contribution in [-0.2, 0) is 28.9 Å². The topological polar surface area (TPSA) is 42.0 Å². The van der Waals surface area contributed by atoms with Crippen LogP contribution in [-0.4, -0.2) is 67.4 Å². The van der Waals surface area contributed by atoms with Crippen LogP contribution in [0.1, 0.15) is 42.9 Å². The first-order valence-electron chi connectivity index (χ1n) is 13.0. The summed E-state index contributed by atoms with van der Waals surface area (Å²) in [5.41, 5.74) is 3.40. The standard InChI is InChI=1S/C29H37F3N2O3/c1-20(27-12-10-25(13-14-37-27)33(2)18-21-7-5-4-6-8-21)34(28(35)29(30,31)32)19-22-15-23-9-11-26(36-3)17-24(23)16-22/h4-9,11,17,20,22,25,27H,10,12-16,18-19H2,1-3H3. The number of nitrogens with zero attached hydrogens (tertiary/aromatic N) is 2. The molecule has 1 amide bonds. The Labute approximate surface area is 217 Å². The monoisotopic (exact) mass is 518 g/mol. The first kappa shape index (κ1) is 27.5. The quantitative estimate of drug-likeness (QED) is 0.478. The summed E-state index contributed by atoms with van der Waals surface area (Å²) in [6, 6.07) is 15.6. The predicted octanol–water partition coefficient (Wildman–Crippen LogP) is 5.26. The summed E-state index contributed by atoms with van der Waals surface area (Å²) < 4.78 is 52.4. The number of hydrogen-bond acceptors (Lipinski definition) is 4. The summed E-state index contributed by atoms with van der Waals surface area (Å²) in [7, 11) is 3.67. The molecule has 4 unspecified atom stereocenters. The third-order valence-electron chi connectivity index (χ3n) is 7.88. The van der Waals surface area contributed by atoms with Crippen molar-refractivity contribution in [3.05, 3.63) is 65.2 Å². The molecular formula is C29H37F3N2O3. The fourth-order valence-corrected chi connectivity index (χ4v) is 5.78. The summed E-state index contributed by atoms with van der Waals surface area (Å²) in [4.78, 5) is 15.9. The van der Waals surface area contributed by atoms with Gasteiger partial charge >= 0.3 is 12.1 Å². The molecule has 0 bridgehead atoms. The van der Waals surface area contributed by atoms with Crippen molar-refractivity contribution in [3.8, 4) is 5.75 Å². The molecule has 0 spiro atoms. The molecule has 8 heteroatoms. The van der Waals surface area contributed by atoms with Crippen LogP contribution in [0.3, 0.4) is 0 Å². The van der Waals surface area contributed by atoms with E-state index in [1.807, 2.05) is 36.4 Å². The number of benzene rings is 2. The lowest BCUT2D eigenvalue weighted by atomic mass is 9.99. The Hall–Kier alpha value is -2.58. The number of fused-ring (bicyclic) bond motifs is 1. The number of carbonyl (C=O) groups excluding carboxylic acids is 1. The van der Waals surface area contributed by atoms with Gasteiger partial charge in [0.25, 0.3) is 0 Å². The van der Waals surface area contributed by atoms with E-state index in [4.69, 9.17) is 9.47 Å². The van der Waals surface area contributed by atoms with Gasteiger partial charge in [0.15, 0.2) is 0 Å². The van der Waals surface area contributed by atoms with E-state index in [-0.39, 0.29) is 18.5 Å². The number of rotatable bonds is 8. The molecule has 4 atom stereocenters. The number of methoxy groups -OCH3 is 1. The van der Waals surface area contributed by atoms with E-state index in [1.165, 1.54) is 5.56 Å². The molecule has 0 aromatic heterocycles. The van der Waals surface area contributed by atoms with Gasteiger partial charge in [-0.3, -0.25) is 9.69 Å². The van der Waals surface area contributed by atoms with Gasteiger partial charge in [0, 0.05) is 25.7 Å². The second-order valence-corrected chi connectivity index (χ2v) is 10.4. The molecule has 1 aliphatic heterocycles. The summed E-state index contributed by atoms with van der Waals surface area (Å²) >= 11 is 0. The molecule has 1 heterocycles. The molecule has 37 heavy (non-hydrogen) atoms. The smallest absolute Gasteiger partial charge is 0.471 e. The molecule has 0 radical (unpaired) electrons. The van der Waals surface area contributed by atoms with Gasteiger partial charge in [-0.2, -0.15) is 13.2 Å². The van der Waals surface area contributed by atoms with Gasteiger partial charge in [0.2, 0.25) is 0 Å². The molecule has 4 rings (SSSR count). The van der Waals surface area contributed by atoms with Gasteiger partial charge in [-0.15, -0.1) is 0 Å². The molecule has 2 aromatic carbocycles. The van der Waals surface area contributed by atoms with Gasteiger partial charge in [-0.1, -0.05) is 36.4 Å². The van der Waals surface area contributed by atoms with Crippen LogP contribution in [0.4, 0.5) is 13.2 Å². The van der Waals surface area contributed by atoms with Crippen LogP contribution < -0.4 is 4.74 Å². The summed E-state index contributed by atoms with van der Waals surface area (Å²) in [5, 5.41) is 0. The van der Waals surface area contributed by atoms with Gasteiger partial charge < -0.3 is 14.4 Å². The van der Waals surface area contributed by atoms with Crippen molar-refractivity contribution in [2.75, 3.05) is 27.3 Å². The summed E-state index contributed by atoms with van der Waals surface area (Å²) in [6.45, 7) is 3.01. The largest absolute Gasteiger partial charge is 0.497 e. The van der Waals surface area contributed by atoms with Gasteiger partial charge in [0.1, 0.15) is 5.75 Å². The van der Waals surface area contributed by atoms with Gasteiger partial charge in [-0.05, 0) is 80.8 Å². The van der Waals surface area contributed by atoms with E-state index in [1.54, 1.807) is 14.0 Å². The molecule has 2 aromatic rings. The zero-order chi connectivity index (χ0) is 26.6. The van der Waals surface area contributed by atoms with Crippen LogP contribution in [0.15, 0.2) is 48.5 Å². The highest BCUT2D eigenvalue weighted by molar-refractivity contribution is 5.82. The van der Waals surface area contributed by atoms with Crippen LogP contribution >= 0.6 is 0 Å². The molecule has 0 N–H and O–H groups in total. The van der Waals surface area contributed by atoms with Crippen molar-refractivity contribution in [1.82, 2.24) is 9.80 Å². The van der Waals surface area contributed by atoms with E-state index < -0.39 is 24.2 Å². The molecule has 2 aliphatic rings. The number of hydrogen-bond donors (Lipinski definition) is 0. The van der Waals surface area contributed by atoms with Crippen LogP contribution in [0.2, 0.25) is 0 Å². The van der Waals surface area contributed by atoms with Crippen LogP contribution in [0.5, 0.6) is 5.75 Å². The van der Waals surface area contributed by atoms with E-state index in [2.05, 4.69) is 24.1 Å². The molecular weight excluding hydrogens is 481 g/mol. The highest BCUT2D eigenvalue weighted by atomic mass is 19.4. The normalized spacial score (nSPS) is 22.8. The Kier molecular flexibility index (Phi) is 8.80. The maximum atomic E-state index is 13.7. The minimum atomic E-state index is -4.92. The Balaban J connectivity index is 1.42. The number of ether oxygens (including phenoxy) is 2. The molecule has 1 aliphatic carbocycles. The highest BCUT2D eigenvalue weighted by Crippen LogP contribution is 2.33. The average molecular weight is 519 g/mol. The first-order valence-corrected chi connectivity index (χ1v) is 13.0. The Morgan fingerprint density at radius 1 is 1.08 bits per heavy atom. The molecule has 202 valence electrons. The van der Waals surface area contributed by atoms with Crippen LogP contribution in [0.25, 0.3) is 0 Å². The molecule has 1 saturated heterocycles. The van der Waals surface area contributed by atoms with E-state index in [0.717, 1.165) is 41.2 Å². The molecule has 5 nitrogen and oxygen atoms in total. The van der Waals surface area contributed by atoms with Crippen molar-refractivity contribution in [3.63, 3.8) is 0 Å². The lowest BCUT2D eigenvalue weighted by Gasteiger charge is -2.36. The number of alkyl halides is 3. The molecule has 1 fully saturated rings. The highest BCUT2D eigenvalue weighted by Gasteiger charge is 2.46. The maximum absolute atomic E-state index is 13.7. The second kappa shape index (κ2) is 11.9. The third-order valence-corrected chi connectivity index (χ3v) is 7.88. The lowest BCUT2D eigenvalue weighted by molar-refractivity contribution is -0.191. The predicted molar refractivity (Wildman–Crippen MR) is 136 cm³/mol. The SMILES string of the molecule is COc1ccc2c(c1)CC(CN(C(=O)C(F)(F)F)C(C)C1CCC(N(C)Cc3ccccc3)CCO1)C2. The number of amides is 1. The maximum Gasteiger partial charge on any atom is 0.471 e. The number of carbonyl (C=O) groups is 1. The summed E-state index contributed by atoms with van der Waals surface area (Å²) in [6.07, 6.45) is -1.88. The summed E-state index contributed by atoms with van der Waals surface area (Å²) in [5.74, 6) is -1.12. The Morgan fingerprint density at radius 2 is 1.81 bits per heavy atom. The Bertz CT molecular complexity index is 1050. The molecule has 0 saturated carbocycles. The average Bonchev–Trinajstić information content (AvgIpc) is 3.11. The van der Waals surface area contributed by atoms with E-state index in [0.29, 0.717) is 25.9 Å². The second-order valence-electron chi connectivity index (χ2n) is 10.4. The minimum absolute atomic E-state index is 0.0493. The zero-order valence-electron chi connectivity index (χ0n) is 21.8. The van der Waals surface area contributed by atoms with Crippen molar-refractivity contribution >= 4 is 5.91 Å². The van der Waals surface area contributed by atoms with Crippen molar-refractivity contribution in [2.24, 2.45) is 5.92 Å². The number of halogens is 3. The van der Waals surface area contributed by atoms with Crippen molar-refractivity contribution in [1.29, 1.82) is 0 Å². The fraction of sp³-hybridized carbons (Fsp3) is 0.552. The van der Waals surface area contributed by atoms with E-state index in [9.17, 15) is 18.0 Å². The first-order chi connectivity index (χ1) is 17.7. The minimum Gasteiger partial charge on any atom is -0.497 e. The fourth-order valence-electron chi connectivity index (χ4n) is 5.78. The third kappa shape index (κ3) is 6.85. The van der Waals surface area contributed by atoms with Gasteiger partial charge in [-0.25, -0.2) is 0 Å². The van der Waals surface area contributed by atoms with Crippen molar-refractivity contribution in [2.45, 2.75) is 69.9 Å². The van der Waals surface area contributed by atoms with Crippen molar-refractivity contribution < 1.29 is 27.4 Å². The van der Waals surface area contributed by atoms with Gasteiger partial charge in [0.05, 0.1) is 19.3 Å². The zero-order valence-corrected chi connectivity index (χ0v) is 21.8. The van der Waals surface area contributed by atoms with E-state index >= 15 is 0 Å². The Morgan fingerprint density at radius 3 is 2.51 bits per heavy atom. The lowest BCUT2D eigenvalue weighted by Crippen LogP contribution is -2.52.